The van der Waals surface area contributed by atoms with Gasteiger partial charge in [-0.1, -0.05) is 6.07 Å². The number of likely N-dealkylation sites (tertiary alicyclic amines) is 1. The molecule has 1 aromatic rings. The second-order valence-corrected chi connectivity index (χ2v) is 4.87. The highest BCUT2D eigenvalue weighted by Gasteiger charge is 2.18. The second-order valence-electron chi connectivity index (χ2n) is 4.87. The van der Waals surface area contributed by atoms with Crippen molar-refractivity contribution in [1.82, 2.24) is 4.90 Å². The van der Waals surface area contributed by atoms with Gasteiger partial charge in [0.25, 0.3) is 0 Å². The van der Waals surface area contributed by atoms with Crippen LogP contribution < -0.4 is 9.47 Å². The molecule has 6 heteroatoms. The molecule has 1 aliphatic heterocycles. The third kappa shape index (κ3) is 4.05. The molecule has 4 nitrogen and oxygen atoms in total. The summed E-state index contributed by atoms with van der Waals surface area (Å²) in [5, 5.41) is 9.46. The minimum atomic E-state index is -2.87. The summed E-state index contributed by atoms with van der Waals surface area (Å²) in [7, 11) is 1.42. The zero-order valence-electron chi connectivity index (χ0n) is 11.4. The van der Waals surface area contributed by atoms with Gasteiger partial charge in [0.1, 0.15) is 0 Å². The Kier molecular flexibility index (Phi) is 5.14. The van der Waals surface area contributed by atoms with Crippen LogP contribution in [0, 0.1) is 0 Å². The fourth-order valence-electron chi connectivity index (χ4n) is 2.34. The lowest BCUT2D eigenvalue weighted by Gasteiger charge is -2.29. The quantitative estimate of drug-likeness (QED) is 0.902. The molecule has 0 saturated carbocycles. The smallest absolute Gasteiger partial charge is 0.387 e. The molecule has 1 aromatic carbocycles. The van der Waals surface area contributed by atoms with E-state index >= 15 is 0 Å². The van der Waals surface area contributed by atoms with Gasteiger partial charge in [-0.3, -0.25) is 4.90 Å². The molecule has 112 valence electrons. The Bertz CT molecular complexity index is 434. The molecule has 1 saturated heterocycles. The maximum atomic E-state index is 12.4. The van der Waals surface area contributed by atoms with Crippen LogP contribution in [0.25, 0.3) is 0 Å². The van der Waals surface area contributed by atoms with E-state index in [9.17, 15) is 13.9 Å². The minimum absolute atomic E-state index is 0.0528. The Morgan fingerprint density at radius 3 is 2.60 bits per heavy atom. The van der Waals surface area contributed by atoms with Gasteiger partial charge in [-0.05, 0) is 30.5 Å². The Hall–Kier alpha value is -1.40. The molecule has 1 fully saturated rings. The maximum Gasteiger partial charge on any atom is 0.387 e. The minimum Gasteiger partial charge on any atom is -0.493 e. The summed E-state index contributed by atoms with van der Waals surface area (Å²) in [6.45, 7) is -0.614. The van der Waals surface area contributed by atoms with E-state index in [1.165, 1.54) is 7.11 Å². The van der Waals surface area contributed by atoms with E-state index in [0.717, 1.165) is 31.5 Å². The lowest BCUT2D eigenvalue weighted by Crippen LogP contribution is -2.35. The van der Waals surface area contributed by atoms with Crippen molar-refractivity contribution in [3.05, 3.63) is 23.8 Å². The number of piperidine rings is 1. The van der Waals surface area contributed by atoms with Gasteiger partial charge in [0.2, 0.25) is 0 Å². The fourth-order valence-corrected chi connectivity index (χ4v) is 2.34. The predicted molar refractivity (Wildman–Crippen MR) is 70.1 cm³/mol. The number of alkyl halides is 2. The first-order valence-corrected chi connectivity index (χ1v) is 6.60. The van der Waals surface area contributed by atoms with E-state index < -0.39 is 6.61 Å². The van der Waals surface area contributed by atoms with E-state index in [1.54, 1.807) is 12.1 Å². The molecule has 0 aromatic heterocycles. The topological polar surface area (TPSA) is 41.9 Å². The van der Waals surface area contributed by atoms with Crippen LogP contribution in [-0.4, -0.2) is 42.9 Å². The van der Waals surface area contributed by atoms with E-state index in [2.05, 4.69) is 9.64 Å². The van der Waals surface area contributed by atoms with Crippen LogP contribution in [0.5, 0.6) is 11.5 Å². The van der Waals surface area contributed by atoms with Gasteiger partial charge in [0, 0.05) is 19.6 Å². The standard InChI is InChI=1S/C14H19F2NO3/c1-19-12-3-2-10(8-13(12)20-14(15)16)9-17-6-4-11(18)5-7-17/h2-3,8,11,14,18H,4-7,9H2,1H3. The van der Waals surface area contributed by atoms with Gasteiger partial charge in [0.15, 0.2) is 11.5 Å². The number of methoxy groups -OCH3 is 1. The third-order valence-electron chi connectivity index (χ3n) is 3.41. The van der Waals surface area contributed by atoms with Crippen LogP contribution in [0.1, 0.15) is 18.4 Å². The van der Waals surface area contributed by atoms with Crippen molar-refractivity contribution in [2.24, 2.45) is 0 Å². The number of hydrogen-bond donors (Lipinski definition) is 1. The number of ether oxygens (including phenoxy) is 2. The Balaban J connectivity index is 2.04. The Labute approximate surface area is 116 Å². The normalized spacial score (nSPS) is 17.4. The van der Waals surface area contributed by atoms with Crippen LogP contribution in [0.2, 0.25) is 0 Å². The summed E-state index contributed by atoms with van der Waals surface area (Å²) in [5.41, 5.74) is 0.887. The number of benzene rings is 1. The third-order valence-corrected chi connectivity index (χ3v) is 3.41. The van der Waals surface area contributed by atoms with Gasteiger partial charge >= 0.3 is 6.61 Å². The summed E-state index contributed by atoms with van der Waals surface area (Å²) in [5.74, 6) is 0.347. The van der Waals surface area contributed by atoms with Crippen molar-refractivity contribution < 1.29 is 23.4 Å². The molecule has 1 aliphatic rings. The number of aliphatic hydroxyl groups is 1. The molecule has 1 heterocycles. The van der Waals surface area contributed by atoms with E-state index in [-0.39, 0.29) is 11.9 Å². The Morgan fingerprint density at radius 2 is 2.00 bits per heavy atom. The molecular formula is C14H19F2NO3. The monoisotopic (exact) mass is 287 g/mol. The first-order chi connectivity index (χ1) is 9.58. The van der Waals surface area contributed by atoms with Crippen LogP contribution in [0.15, 0.2) is 18.2 Å². The van der Waals surface area contributed by atoms with Gasteiger partial charge < -0.3 is 14.6 Å². The highest BCUT2D eigenvalue weighted by Crippen LogP contribution is 2.30. The lowest BCUT2D eigenvalue weighted by atomic mass is 10.1. The van der Waals surface area contributed by atoms with Crippen LogP contribution in [-0.2, 0) is 6.54 Å². The lowest BCUT2D eigenvalue weighted by molar-refractivity contribution is -0.0512. The average molecular weight is 287 g/mol. The average Bonchev–Trinajstić information content (AvgIpc) is 2.41. The number of aliphatic hydroxyl groups excluding tert-OH is 1. The number of nitrogens with zero attached hydrogens (tertiary/aromatic N) is 1. The summed E-state index contributed by atoms with van der Waals surface area (Å²) >= 11 is 0. The molecule has 0 aliphatic carbocycles. The van der Waals surface area contributed by atoms with Crippen molar-refractivity contribution in [1.29, 1.82) is 0 Å². The molecule has 0 bridgehead atoms. The first kappa shape index (κ1) is 15.0. The zero-order chi connectivity index (χ0) is 14.5. The zero-order valence-corrected chi connectivity index (χ0v) is 11.4. The van der Waals surface area contributed by atoms with Crippen LogP contribution in [0.4, 0.5) is 8.78 Å². The molecule has 0 radical (unpaired) electrons. The Morgan fingerprint density at radius 1 is 1.30 bits per heavy atom. The fraction of sp³-hybridized carbons (Fsp3) is 0.571. The van der Waals surface area contributed by atoms with Crippen molar-refractivity contribution in [3.8, 4) is 11.5 Å². The van der Waals surface area contributed by atoms with Crippen LogP contribution >= 0.6 is 0 Å². The summed E-state index contributed by atoms with van der Waals surface area (Å²) < 4.78 is 34.2. The molecule has 1 N–H and O–H groups in total. The summed E-state index contributed by atoms with van der Waals surface area (Å²) in [6, 6.07) is 5.05. The molecule has 2 rings (SSSR count). The molecule has 0 unspecified atom stereocenters. The van der Waals surface area contributed by atoms with Crippen molar-refractivity contribution in [2.75, 3.05) is 20.2 Å². The van der Waals surface area contributed by atoms with Gasteiger partial charge in [-0.25, -0.2) is 0 Å². The maximum absolute atomic E-state index is 12.4. The number of halogens is 2. The molecule has 0 atom stereocenters. The largest absolute Gasteiger partial charge is 0.493 e. The van der Waals surface area contributed by atoms with E-state index in [0.29, 0.717) is 12.3 Å². The van der Waals surface area contributed by atoms with Crippen molar-refractivity contribution >= 4 is 0 Å². The van der Waals surface area contributed by atoms with Gasteiger partial charge in [-0.2, -0.15) is 8.78 Å². The number of rotatable bonds is 5. The highest BCUT2D eigenvalue weighted by molar-refractivity contribution is 5.43. The van der Waals surface area contributed by atoms with E-state index in [4.69, 9.17) is 4.74 Å². The van der Waals surface area contributed by atoms with Crippen molar-refractivity contribution in [2.45, 2.75) is 32.1 Å². The predicted octanol–water partition coefficient (Wildman–Crippen LogP) is 2.25. The SMILES string of the molecule is COc1ccc(CN2CCC(O)CC2)cc1OC(F)F. The highest BCUT2D eigenvalue weighted by atomic mass is 19.3. The summed E-state index contributed by atoms with van der Waals surface area (Å²) in [4.78, 5) is 2.18. The van der Waals surface area contributed by atoms with E-state index in [1.807, 2.05) is 6.07 Å². The molecular weight excluding hydrogens is 268 g/mol. The summed E-state index contributed by atoms with van der Waals surface area (Å²) in [6.07, 6.45) is 1.27. The van der Waals surface area contributed by atoms with Gasteiger partial charge in [-0.15, -0.1) is 0 Å². The second kappa shape index (κ2) is 6.85. The van der Waals surface area contributed by atoms with Crippen LogP contribution in [0.3, 0.4) is 0 Å². The first-order valence-electron chi connectivity index (χ1n) is 6.60. The van der Waals surface area contributed by atoms with Crippen molar-refractivity contribution in [3.63, 3.8) is 0 Å². The number of hydrogen-bond acceptors (Lipinski definition) is 4. The molecule has 0 spiro atoms. The van der Waals surface area contributed by atoms with Gasteiger partial charge in [0.05, 0.1) is 13.2 Å². The molecule has 20 heavy (non-hydrogen) atoms. The molecule has 0 amide bonds.